The molecule has 0 fully saturated rings. The third-order valence-corrected chi connectivity index (χ3v) is 4.92. The van der Waals surface area contributed by atoms with Crippen LogP contribution in [0.2, 0.25) is 0 Å². The molecule has 0 aromatic rings. The van der Waals surface area contributed by atoms with E-state index < -0.39 is 11.6 Å². The van der Waals surface area contributed by atoms with Crippen molar-refractivity contribution in [3.05, 3.63) is 21.6 Å². The Morgan fingerprint density at radius 1 is 1.67 bits per heavy atom. The smallest absolute Gasteiger partial charge is 0.109 e. The highest BCUT2D eigenvalue weighted by Gasteiger charge is 2.38. The van der Waals surface area contributed by atoms with Crippen LogP contribution < -0.4 is 5.73 Å². The van der Waals surface area contributed by atoms with Crippen LogP contribution in [-0.2, 0) is 0 Å². The van der Waals surface area contributed by atoms with Gasteiger partial charge in [0.2, 0.25) is 0 Å². The molecule has 2 N–H and O–H groups in total. The van der Waals surface area contributed by atoms with E-state index in [9.17, 15) is 4.39 Å². The molecular weight excluding hydrogens is 247 g/mol. The Hall–Kier alpha value is -0.950. The standard InChI is InChI=1S/C14H21FN2S/c1-9(2)14(4)7-11(5-6-12(14)15)18-13(17)10(3)8-16/h7,9,12H,5-6,17H2,1-4H3/b13-10+. The lowest BCUT2D eigenvalue weighted by Gasteiger charge is -2.38. The maximum absolute atomic E-state index is 14.1. The van der Waals surface area contributed by atoms with Crippen LogP contribution in [0, 0.1) is 22.7 Å². The van der Waals surface area contributed by atoms with E-state index in [1.165, 1.54) is 11.8 Å². The number of nitrogens with two attached hydrogens (primary N) is 1. The SMILES string of the molecule is C/C(C#N)=C(/N)SC1=CC(C)(C(C)C)C(F)CC1. The summed E-state index contributed by atoms with van der Waals surface area (Å²) in [4.78, 5) is 1.08. The van der Waals surface area contributed by atoms with Crippen molar-refractivity contribution in [1.82, 2.24) is 0 Å². The van der Waals surface area contributed by atoms with Gasteiger partial charge in [0, 0.05) is 5.41 Å². The third kappa shape index (κ3) is 3.08. The molecular formula is C14H21FN2S. The summed E-state index contributed by atoms with van der Waals surface area (Å²) in [5.41, 5.74) is 5.94. The highest BCUT2D eigenvalue weighted by atomic mass is 32.2. The first-order chi connectivity index (χ1) is 8.31. The van der Waals surface area contributed by atoms with Gasteiger partial charge in [-0.25, -0.2) is 4.39 Å². The lowest BCUT2D eigenvalue weighted by molar-refractivity contribution is 0.106. The van der Waals surface area contributed by atoms with E-state index in [0.29, 0.717) is 23.4 Å². The Bertz CT molecular complexity index is 420. The van der Waals surface area contributed by atoms with Crippen molar-refractivity contribution in [2.24, 2.45) is 17.1 Å². The molecule has 2 unspecified atom stereocenters. The molecule has 0 amide bonds. The molecule has 2 nitrogen and oxygen atoms in total. The van der Waals surface area contributed by atoms with Crippen LogP contribution in [0.15, 0.2) is 21.6 Å². The molecule has 0 aliphatic heterocycles. The van der Waals surface area contributed by atoms with Gasteiger partial charge in [-0.1, -0.05) is 38.6 Å². The molecule has 0 bridgehead atoms. The zero-order chi connectivity index (χ0) is 13.9. The maximum Gasteiger partial charge on any atom is 0.109 e. The van der Waals surface area contributed by atoms with Gasteiger partial charge in [-0.05, 0) is 30.6 Å². The monoisotopic (exact) mass is 268 g/mol. The second-order valence-corrected chi connectivity index (χ2v) is 6.51. The van der Waals surface area contributed by atoms with Gasteiger partial charge in [0.05, 0.1) is 16.7 Å². The number of hydrogen-bond acceptors (Lipinski definition) is 3. The first-order valence-electron chi connectivity index (χ1n) is 6.21. The fraction of sp³-hybridized carbons (Fsp3) is 0.643. The molecule has 0 saturated heterocycles. The average molecular weight is 268 g/mol. The number of hydrogen-bond donors (Lipinski definition) is 1. The number of thioether (sulfide) groups is 1. The highest BCUT2D eigenvalue weighted by Crippen LogP contribution is 2.45. The number of alkyl halides is 1. The molecule has 0 aromatic carbocycles. The van der Waals surface area contributed by atoms with Crippen molar-refractivity contribution in [2.45, 2.75) is 46.7 Å². The van der Waals surface area contributed by atoms with Gasteiger partial charge >= 0.3 is 0 Å². The van der Waals surface area contributed by atoms with Crippen LogP contribution in [0.4, 0.5) is 4.39 Å². The topological polar surface area (TPSA) is 49.8 Å². The quantitative estimate of drug-likeness (QED) is 0.784. The van der Waals surface area contributed by atoms with Crippen LogP contribution in [0.1, 0.15) is 40.5 Å². The average Bonchev–Trinajstić information content (AvgIpc) is 2.32. The molecule has 4 heteroatoms. The maximum atomic E-state index is 14.1. The van der Waals surface area contributed by atoms with E-state index >= 15 is 0 Å². The van der Waals surface area contributed by atoms with E-state index in [0.717, 1.165) is 4.91 Å². The van der Waals surface area contributed by atoms with Gasteiger partial charge in [0.25, 0.3) is 0 Å². The van der Waals surface area contributed by atoms with Crippen LogP contribution in [-0.4, -0.2) is 6.17 Å². The van der Waals surface area contributed by atoms with Gasteiger partial charge in [0.15, 0.2) is 0 Å². The van der Waals surface area contributed by atoms with Crippen molar-refractivity contribution < 1.29 is 4.39 Å². The summed E-state index contributed by atoms with van der Waals surface area (Å²) in [6, 6.07) is 2.04. The Kier molecular flexibility index (Phi) is 4.86. The van der Waals surface area contributed by atoms with Gasteiger partial charge in [-0.2, -0.15) is 5.26 Å². The van der Waals surface area contributed by atoms with E-state index in [2.05, 4.69) is 0 Å². The minimum absolute atomic E-state index is 0.241. The van der Waals surface area contributed by atoms with E-state index in [-0.39, 0.29) is 5.92 Å². The molecule has 1 aliphatic carbocycles. The van der Waals surface area contributed by atoms with Gasteiger partial charge in [-0.15, -0.1) is 0 Å². The summed E-state index contributed by atoms with van der Waals surface area (Å²) in [5, 5.41) is 9.31. The fourth-order valence-electron chi connectivity index (χ4n) is 1.97. The Morgan fingerprint density at radius 2 is 2.28 bits per heavy atom. The van der Waals surface area contributed by atoms with Crippen LogP contribution in [0.5, 0.6) is 0 Å². The van der Waals surface area contributed by atoms with Crippen molar-refractivity contribution >= 4 is 11.8 Å². The van der Waals surface area contributed by atoms with Gasteiger partial charge in [-0.3, -0.25) is 0 Å². The normalized spacial score (nSPS) is 29.6. The number of nitriles is 1. The lowest BCUT2D eigenvalue weighted by atomic mass is 9.71. The van der Waals surface area contributed by atoms with Crippen molar-refractivity contribution in [2.75, 3.05) is 0 Å². The molecule has 2 atom stereocenters. The summed E-state index contributed by atoms with van der Waals surface area (Å²) in [6.07, 6.45) is 2.44. The fourth-order valence-corrected chi connectivity index (χ4v) is 2.99. The lowest BCUT2D eigenvalue weighted by Crippen LogP contribution is -2.35. The Labute approximate surface area is 113 Å². The van der Waals surface area contributed by atoms with Crippen LogP contribution >= 0.6 is 11.8 Å². The largest absolute Gasteiger partial charge is 0.392 e. The van der Waals surface area contributed by atoms with Crippen LogP contribution in [0.25, 0.3) is 0 Å². The number of nitrogens with zero attached hydrogens (tertiary/aromatic N) is 1. The molecule has 0 saturated carbocycles. The second-order valence-electron chi connectivity index (χ2n) is 5.34. The first kappa shape index (κ1) is 15.1. The zero-order valence-corrected chi connectivity index (χ0v) is 12.3. The summed E-state index contributed by atoms with van der Waals surface area (Å²) >= 11 is 1.40. The molecule has 0 radical (unpaired) electrons. The molecule has 0 spiro atoms. The van der Waals surface area contributed by atoms with Gasteiger partial charge in [0.1, 0.15) is 6.17 Å². The summed E-state index contributed by atoms with van der Waals surface area (Å²) in [6.45, 7) is 7.73. The van der Waals surface area contributed by atoms with E-state index in [4.69, 9.17) is 11.0 Å². The highest BCUT2D eigenvalue weighted by molar-refractivity contribution is 8.06. The summed E-state index contributed by atoms with van der Waals surface area (Å²) < 4.78 is 14.1. The molecule has 100 valence electrons. The molecule has 0 heterocycles. The Morgan fingerprint density at radius 3 is 2.78 bits per heavy atom. The molecule has 18 heavy (non-hydrogen) atoms. The Balaban J connectivity index is 2.96. The minimum atomic E-state index is -0.802. The van der Waals surface area contributed by atoms with Crippen molar-refractivity contribution in [3.8, 4) is 6.07 Å². The first-order valence-corrected chi connectivity index (χ1v) is 7.03. The van der Waals surface area contributed by atoms with E-state index in [1.807, 2.05) is 32.9 Å². The van der Waals surface area contributed by atoms with Crippen molar-refractivity contribution in [1.29, 1.82) is 5.26 Å². The van der Waals surface area contributed by atoms with Crippen LogP contribution in [0.3, 0.4) is 0 Å². The van der Waals surface area contributed by atoms with E-state index in [1.54, 1.807) is 6.92 Å². The predicted octanol–water partition coefficient (Wildman–Crippen LogP) is 4.11. The minimum Gasteiger partial charge on any atom is -0.392 e. The number of allylic oxidation sites excluding steroid dienone is 3. The molecule has 1 aliphatic rings. The third-order valence-electron chi connectivity index (χ3n) is 3.81. The summed E-state index contributed by atoms with van der Waals surface area (Å²) in [5.74, 6) is 0.241. The molecule has 1 rings (SSSR count). The summed E-state index contributed by atoms with van der Waals surface area (Å²) in [7, 11) is 0. The van der Waals surface area contributed by atoms with Gasteiger partial charge < -0.3 is 5.73 Å². The second kappa shape index (κ2) is 5.79. The number of rotatable bonds is 3. The van der Waals surface area contributed by atoms with Crippen molar-refractivity contribution in [3.63, 3.8) is 0 Å². The zero-order valence-electron chi connectivity index (χ0n) is 11.5. The number of halogens is 1. The predicted molar refractivity (Wildman–Crippen MR) is 75.2 cm³/mol. The molecule has 0 aromatic heterocycles.